The Balaban J connectivity index is 0. The summed E-state index contributed by atoms with van der Waals surface area (Å²) in [6.45, 7) is 1.39. The van der Waals surface area contributed by atoms with E-state index in [2.05, 4.69) is 0 Å². The standard InChI is InChI=1S/C3H8O2.O2Si/c1-3(5)2-4;1-3-2/h3-5H,2H2,1H3;. The normalized spacial score (nSPS) is 10.4. The van der Waals surface area contributed by atoms with E-state index in [-0.39, 0.29) is 6.61 Å². The maximum absolute atomic E-state index is 8.40. The van der Waals surface area contributed by atoms with Crippen LogP contribution in [-0.4, -0.2) is 32.2 Å². The SMILES string of the molecule is CC(O)CO.O=[Si]=O. The van der Waals surface area contributed by atoms with E-state index in [9.17, 15) is 0 Å². The molecular weight excluding hydrogens is 128 g/mol. The van der Waals surface area contributed by atoms with Crippen molar-refractivity contribution in [3.05, 3.63) is 0 Å². The third-order valence-electron chi connectivity index (χ3n) is 0.264. The summed E-state index contributed by atoms with van der Waals surface area (Å²) in [6.07, 6.45) is -0.560. The molecule has 8 heavy (non-hydrogen) atoms. The molecule has 4 nitrogen and oxygen atoms in total. The van der Waals surface area contributed by atoms with E-state index in [1.807, 2.05) is 0 Å². The van der Waals surface area contributed by atoms with Crippen LogP contribution in [0.15, 0.2) is 0 Å². The first-order chi connectivity index (χ1) is 3.68. The minimum Gasteiger partial charge on any atom is -0.394 e. The number of aliphatic hydroxyl groups excluding tert-OH is 2. The number of hydrogen-bond donors (Lipinski definition) is 2. The lowest BCUT2D eigenvalue weighted by Gasteiger charge is -1.90. The lowest BCUT2D eigenvalue weighted by atomic mass is 10.5. The van der Waals surface area contributed by atoms with E-state index < -0.39 is 15.4 Å². The topological polar surface area (TPSA) is 74.6 Å². The van der Waals surface area contributed by atoms with Crippen LogP contribution in [0.25, 0.3) is 0 Å². The second-order valence-corrected chi connectivity index (χ2v) is 1.28. The fourth-order valence-electron chi connectivity index (χ4n) is 0. The first kappa shape index (κ1) is 10.7. The van der Waals surface area contributed by atoms with E-state index in [0.717, 1.165) is 0 Å². The van der Waals surface area contributed by atoms with E-state index in [0.29, 0.717) is 0 Å². The molecule has 0 rings (SSSR count). The van der Waals surface area contributed by atoms with Gasteiger partial charge in [0, 0.05) is 0 Å². The molecule has 0 amide bonds. The summed E-state index contributed by atoms with van der Waals surface area (Å²) in [5, 5.41) is 16.0. The molecule has 0 aliphatic heterocycles. The van der Waals surface area contributed by atoms with Crippen molar-refractivity contribution in [3.8, 4) is 0 Å². The molecular formula is C3H8O4Si. The zero-order valence-corrected chi connectivity index (χ0v) is 5.50. The van der Waals surface area contributed by atoms with Gasteiger partial charge in [0.05, 0.1) is 12.7 Å². The van der Waals surface area contributed by atoms with Gasteiger partial charge >= 0.3 is 9.29 Å². The van der Waals surface area contributed by atoms with Crippen molar-refractivity contribution >= 4 is 9.29 Å². The minimum atomic E-state index is -1.42. The maximum atomic E-state index is 8.40. The van der Waals surface area contributed by atoms with Gasteiger partial charge in [0.1, 0.15) is 0 Å². The third-order valence-corrected chi connectivity index (χ3v) is 0.264. The molecule has 48 valence electrons. The molecule has 0 aromatic carbocycles. The highest BCUT2D eigenvalue weighted by Crippen LogP contribution is 1.68. The molecule has 5 heteroatoms. The van der Waals surface area contributed by atoms with E-state index in [1.165, 1.54) is 6.92 Å². The van der Waals surface area contributed by atoms with Crippen LogP contribution >= 0.6 is 0 Å². The molecule has 1 unspecified atom stereocenters. The largest absolute Gasteiger partial charge is 0.549 e. The molecule has 0 saturated heterocycles. The van der Waals surface area contributed by atoms with E-state index in [1.54, 1.807) is 0 Å². The van der Waals surface area contributed by atoms with Crippen molar-refractivity contribution in [3.63, 3.8) is 0 Å². The van der Waals surface area contributed by atoms with Gasteiger partial charge in [0.25, 0.3) is 0 Å². The van der Waals surface area contributed by atoms with Gasteiger partial charge in [-0.05, 0) is 6.92 Å². The van der Waals surface area contributed by atoms with Crippen LogP contribution < -0.4 is 0 Å². The Morgan fingerprint density at radius 1 is 1.62 bits per heavy atom. The van der Waals surface area contributed by atoms with Gasteiger partial charge in [-0.25, -0.2) is 0 Å². The summed E-state index contributed by atoms with van der Waals surface area (Å²) in [4.78, 5) is 0. The fourth-order valence-corrected chi connectivity index (χ4v) is 0. The fraction of sp³-hybridized carbons (Fsp3) is 1.00. The van der Waals surface area contributed by atoms with Crippen LogP contribution in [0.2, 0.25) is 0 Å². The quantitative estimate of drug-likeness (QED) is 0.441. The second-order valence-electron chi connectivity index (χ2n) is 1.11. The maximum Gasteiger partial charge on any atom is 0.549 e. The predicted octanol–water partition coefficient (Wildman–Crippen LogP) is -1.26. The van der Waals surface area contributed by atoms with Crippen LogP contribution in [0.3, 0.4) is 0 Å². The van der Waals surface area contributed by atoms with E-state index in [4.69, 9.17) is 19.1 Å². The number of hydrogen-bond acceptors (Lipinski definition) is 4. The van der Waals surface area contributed by atoms with Gasteiger partial charge in [-0.3, -0.25) is 8.92 Å². The van der Waals surface area contributed by atoms with Gasteiger partial charge in [0.15, 0.2) is 0 Å². The monoisotopic (exact) mass is 136 g/mol. The zero-order valence-electron chi connectivity index (χ0n) is 4.50. The molecule has 1 atom stereocenters. The lowest BCUT2D eigenvalue weighted by molar-refractivity contribution is 0.110. The Labute approximate surface area is 49.1 Å². The average molecular weight is 136 g/mol. The van der Waals surface area contributed by atoms with Crippen molar-refractivity contribution in [2.24, 2.45) is 0 Å². The first-order valence-electron chi connectivity index (χ1n) is 1.97. The van der Waals surface area contributed by atoms with Crippen LogP contribution in [0.5, 0.6) is 0 Å². The van der Waals surface area contributed by atoms with Gasteiger partial charge in [0.2, 0.25) is 0 Å². The minimum absolute atomic E-state index is 0.139. The van der Waals surface area contributed by atoms with Crippen LogP contribution in [0.4, 0.5) is 0 Å². The Hall–Kier alpha value is -0.263. The number of rotatable bonds is 1. The smallest absolute Gasteiger partial charge is 0.394 e. The molecule has 0 aliphatic carbocycles. The Bertz CT molecular complexity index is 65.7. The van der Waals surface area contributed by atoms with Crippen molar-refractivity contribution in [2.75, 3.05) is 6.61 Å². The Kier molecular flexibility index (Phi) is 13.2. The summed E-state index contributed by atoms with van der Waals surface area (Å²) < 4.78 is 16.8. The molecule has 2 N–H and O–H groups in total. The van der Waals surface area contributed by atoms with Gasteiger partial charge in [-0.2, -0.15) is 0 Å². The van der Waals surface area contributed by atoms with Crippen molar-refractivity contribution < 1.29 is 19.1 Å². The third kappa shape index (κ3) is 42.7. The van der Waals surface area contributed by atoms with Crippen LogP contribution in [-0.2, 0) is 8.92 Å². The first-order valence-corrected chi connectivity index (χ1v) is 2.78. The highest BCUT2D eigenvalue weighted by Gasteiger charge is 1.83. The molecule has 0 aliphatic rings. The van der Waals surface area contributed by atoms with Crippen LogP contribution in [0.1, 0.15) is 6.92 Å². The summed E-state index contributed by atoms with van der Waals surface area (Å²) in [6, 6.07) is 0. The zero-order chi connectivity index (χ0) is 6.99. The van der Waals surface area contributed by atoms with Crippen molar-refractivity contribution in [2.45, 2.75) is 13.0 Å². The summed E-state index contributed by atoms with van der Waals surface area (Å²) in [5.41, 5.74) is 0. The van der Waals surface area contributed by atoms with Gasteiger partial charge in [-0.1, -0.05) is 0 Å². The summed E-state index contributed by atoms with van der Waals surface area (Å²) in [5.74, 6) is 0. The Morgan fingerprint density at radius 3 is 1.75 bits per heavy atom. The van der Waals surface area contributed by atoms with Crippen LogP contribution in [0, 0.1) is 0 Å². The van der Waals surface area contributed by atoms with Gasteiger partial charge < -0.3 is 10.2 Å². The number of aliphatic hydroxyl groups is 2. The molecule has 0 heterocycles. The Morgan fingerprint density at radius 2 is 1.75 bits per heavy atom. The lowest BCUT2D eigenvalue weighted by Crippen LogP contribution is -2.03. The molecule has 0 spiro atoms. The highest BCUT2D eigenvalue weighted by atomic mass is 28.2. The van der Waals surface area contributed by atoms with Crippen molar-refractivity contribution in [1.82, 2.24) is 0 Å². The molecule has 0 saturated carbocycles. The van der Waals surface area contributed by atoms with Crippen molar-refractivity contribution in [1.29, 1.82) is 0 Å². The molecule has 0 bridgehead atoms. The molecule has 0 aromatic rings. The molecule has 0 radical (unpaired) electrons. The molecule has 0 aromatic heterocycles. The predicted molar refractivity (Wildman–Crippen MR) is 25.9 cm³/mol. The van der Waals surface area contributed by atoms with Gasteiger partial charge in [-0.15, -0.1) is 0 Å². The van der Waals surface area contributed by atoms with E-state index >= 15 is 0 Å². The summed E-state index contributed by atoms with van der Waals surface area (Å²) >= 11 is 0. The molecule has 0 fully saturated rings. The summed E-state index contributed by atoms with van der Waals surface area (Å²) in [7, 11) is -1.42. The highest BCUT2D eigenvalue weighted by molar-refractivity contribution is 5.94. The average Bonchev–Trinajstić information content (AvgIpc) is 1.69. The second kappa shape index (κ2) is 9.88.